The fraction of sp³-hybridized carbons (Fsp3) is 0.353. The molecular weight excluding hydrogens is 278 g/mol. The summed E-state index contributed by atoms with van der Waals surface area (Å²) in [7, 11) is 0. The molecule has 1 amide bonds. The van der Waals surface area contributed by atoms with Crippen LogP contribution in [0.25, 0.3) is 10.9 Å². The predicted octanol–water partition coefficient (Wildman–Crippen LogP) is 2.16. The molecule has 0 saturated carbocycles. The van der Waals surface area contributed by atoms with Gasteiger partial charge >= 0.3 is 0 Å². The second kappa shape index (κ2) is 5.64. The number of aryl methyl sites for hydroxylation is 1. The number of hydrogen-bond acceptors (Lipinski definition) is 3. The maximum atomic E-state index is 11.5. The van der Waals surface area contributed by atoms with Gasteiger partial charge in [0, 0.05) is 36.0 Å². The van der Waals surface area contributed by atoms with Crippen molar-refractivity contribution in [2.24, 2.45) is 5.92 Å². The van der Waals surface area contributed by atoms with Crippen LogP contribution in [0.3, 0.4) is 0 Å². The van der Waals surface area contributed by atoms with Gasteiger partial charge in [-0.2, -0.15) is 5.26 Å². The second-order valence-corrected chi connectivity index (χ2v) is 5.79. The van der Waals surface area contributed by atoms with E-state index in [1.165, 1.54) is 0 Å². The molecule has 1 atom stereocenters. The number of hydrogen-bond donors (Lipinski definition) is 1. The number of amides is 1. The SMILES string of the molecule is Cc1c(C=O)ccc2c1cc(C#N)n2CC1CCNC(=O)C1. The first-order valence-electron chi connectivity index (χ1n) is 7.39. The summed E-state index contributed by atoms with van der Waals surface area (Å²) in [4.78, 5) is 22.6. The van der Waals surface area contributed by atoms with E-state index in [1.807, 2.05) is 23.6 Å². The van der Waals surface area contributed by atoms with Gasteiger partial charge in [-0.1, -0.05) is 0 Å². The molecule has 3 rings (SSSR count). The third-order valence-electron chi connectivity index (χ3n) is 4.43. The second-order valence-electron chi connectivity index (χ2n) is 5.79. The van der Waals surface area contributed by atoms with Crippen molar-refractivity contribution in [3.8, 4) is 6.07 Å². The lowest BCUT2D eigenvalue weighted by molar-refractivity contribution is -0.123. The standard InChI is InChI=1S/C17H17N3O2/c1-11-13(10-21)2-3-16-15(11)7-14(8-18)20(16)9-12-4-5-19-17(22)6-12/h2-3,7,10,12H,4-6,9H2,1H3,(H,19,22). The Morgan fingerprint density at radius 2 is 2.32 bits per heavy atom. The molecule has 22 heavy (non-hydrogen) atoms. The number of fused-ring (bicyclic) bond motifs is 1. The van der Waals surface area contributed by atoms with Crippen LogP contribution >= 0.6 is 0 Å². The molecule has 1 aromatic heterocycles. The van der Waals surface area contributed by atoms with E-state index in [1.54, 1.807) is 6.07 Å². The molecule has 1 aromatic carbocycles. The van der Waals surface area contributed by atoms with Crippen molar-refractivity contribution in [2.45, 2.75) is 26.3 Å². The summed E-state index contributed by atoms with van der Waals surface area (Å²) in [6.45, 7) is 3.24. The summed E-state index contributed by atoms with van der Waals surface area (Å²) in [6.07, 6.45) is 2.25. The molecule has 1 aliphatic rings. The van der Waals surface area contributed by atoms with Crippen molar-refractivity contribution in [1.82, 2.24) is 9.88 Å². The molecular formula is C17H17N3O2. The molecule has 2 heterocycles. The Morgan fingerprint density at radius 1 is 1.50 bits per heavy atom. The zero-order valence-electron chi connectivity index (χ0n) is 12.4. The molecule has 1 unspecified atom stereocenters. The lowest BCUT2D eigenvalue weighted by Gasteiger charge is -2.23. The van der Waals surface area contributed by atoms with Crippen LogP contribution in [0, 0.1) is 24.2 Å². The average Bonchev–Trinajstić information content (AvgIpc) is 2.87. The number of rotatable bonds is 3. The lowest BCUT2D eigenvalue weighted by atomic mass is 9.97. The van der Waals surface area contributed by atoms with Crippen molar-refractivity contribution in [3.05, 3.63) is 35.0 Å². The van der Waals surface area contributed by atoms with Gasteiger partial charge in [-0.3, -0.25) is 9.59 Å². The highest BCUT2D eigenvalue weighted by Gasteiger charge is 2.21. The molecule has 1 aliphatic heterocycles. The number of aromatic nitrogens is 1. The first-order valence-corrected chi connectivity index (χ1v) is 7.39. The van der Waals surface area contributed by atoms with Crippen LogP contribution in [0.4, 0.5) is 0 Å². The van der Waals surface area contributed by atoms with Crippen LogP contribution in [-0.4, -0.2) is 23.3 Å². The van der Waals surface area contributed by atoms with E-state index in [-0.39, 0.29) is 11.8 Å². The van der Waals surface area contributed by atoms with Crippen LogP contribution in [0.15, 0.2) is 18.2 Å². The van der Waals surface area contributed by atoms with E-state index in [0.717, 1.165) is 29.2 Å². The summed E-state index contributed by atoms with van der Waals surface area (Å²) in [6, 6.07) is 7.73. The van der Waals surface area contributed by atoms with Crippen molar-refractivity contribution in [1.29, 1.82) is 5.26 Å². The van der Waals surface area contributed by atoms with Crippen molar-refractivity contribution in [2.75, 3.05) is 6.54 Å². The maximum Gasteiger partial charge on any atom is 0.220 e. The van der Waals surface area contributed by atoms with Gasteiger partial charge in [0.05, 0.1) is 0 Å². The summed E-state index contributed by atoms with van der Waals surface area (Å²) in [5.74, 6) is 0.313. The maximum absolute atomic E-state index is 11.5. The summed E-state index contributed by atoms with van der Waals surface area (Å²) in [5, 5.41) is 13.2. The van der Waals surface area contributed by atoms with Gasteiger partial charge in [-0.05, 0) is 43.0 Å². The Bertz CT molecular complexity index is 798. The van der Waals surface area contributed by atoms with Crippen molar-refractivity contribution in [3.63, 3.8) is 0 Å². The highest BCUT2D eigenvalue weighted by Crippen LogP contribution is 2.27. The van der Waals surface area contributed by atoms with Gasteiger partial charge in [-0.15, -0.1) is 0 Å². The van der Waals surface area contributed by atoms with Gasteiger partial charge < -0.3 is 9.88 Å². The first kappa shape index (κ1) is 14.3. The average molecular weight is 295 g/mol. The quantitative estimate of drug-likeness (QED) is 0.882. The van der Waals surface area contributed by atoms with E-state index in [9.17, 15) is 14.9 Å². The van der Waals surface area contributed by atoms with E-state index >= 15 is 0 Å². The number of carbonyl (C=O) groups excluding carboxylic acids is 2. The number of carbonyl (C=O) groups is 2. The van der Waals surface area contributed by atoms with Gasteiger partial charge in [0.1, 0.15) is 18.0 Å². The van der Waals surface area contributed by atoms with Crippen LogP contribution < -0.4 is 5.32 Å². The zero-order valence-corrected chi connectivity index (χ0v) is 12.4. The van der Waals surface area contributed by atoms with Gasteiger partial charge in [0.2, 0.25) is 5.91 Å². The normalized spacial score (nSPS) is 18.0. The topological polar surface area (TPSA) is 74.9 Å². The Labute approximate surface area is 128 Å². The van der Waals surface area contributed by atoms with Gasteiger partial charge in [0.15, 0.2) is 0 Å². The van der Waals surface area contributed by atoms with Crippen LogP contribution in [0.2, 0.25) is 0 Å². The Balaban J connectivity index is 2.04. The molecule has 1 fully saturated rings. The molecule has 112 valence electrons. The molecule has 1 saturated heterocycles. The number of nitrogens with zero attached hydrogens (tertiary/aromatic N) is 2. The third kappa shape index (κ3) is 2.37. The molecule has 5 heteroatoms. The molecule has 0 aliphatic carbocycles. The van der Waals surface area contributed by atoms with Crippen LogP contribution in [-0.2, 0) is 11.3 Å². The summed E-state index contributed by atoms with van der Waals surface area (Å²) in [5.41, 5.74) is 3.06. The molecule has 0 spiro atoms. The van der Waals surface area contributed by atoms with Crippen LogP contribution in [0.5, 0.6) is 0 Å². The van der Waals surface area contributed by atoms with Gasteiger partial charge in [0.25, 0.3) is 0 Å². The van der Waals surface area contributed by atoms with E-state index in [4.69, 9.17) is 0 Å². The first-order chi connectivity index (χ1) is 10.6. The highest BCUT2D eigenvalue weighted by atomic mass is 16.1. The minimum absolute atomic E-state index is 0.0747. The van der Waals surface area contributed by atoms with Crippen LogP contribution in [0.1, 0.15) is 34.5 Å². The predicted molar refractivity (Wildman–Crippen MR) is 82.5 cm³/mol. The molecule has 0 radical (unpaired) electrons. The number of benzene rings is 1. The van der Waals surface area contributed by atoms with E-state index < -0.39 is 0 Å². The molecule has 5 nitrogen and oxygen atoms in total. The largest absolute Gasteiger partial charge is 0.356 e. The van der Waals surface area contributed by atoms with Crippen molar-refractivity contribution >= 4 is 23.1 Å². The number of nitriles is 1. The Morgan fingerprint density at radius 3 is 3.00 bits per heavy atom. The smallest absolute Gasteiger partial charge is 0.220 e. The molecule has 0 bridgehead atoms. The fourth-order valence-corrected chi connectivity index (χ4v) is 3.18. The summed E-state index contributed by atoms with van der Waals surface area (Å²) < 4.78 is 1.97. The number of aldehydes is 1. The number of piperidine rings is 1. The Hall–Kier alpha value is -2.61. The zero-order chi connectivity index (χ0) is 15.7. The third-order valence-corrected chi connectivity index (χ3v) is 4.43. The van der Waals surface area contributed by atoms with E-state index in [0.29, 0.717) is 30.8 Å². The fourth-order valence-electron chi connectivity index (χ4n) is 3.18. The molecule has 1 N–H and O–H groups in total. The molecule has 2 aromatic rings. The summed E-state index contributed by atoms with van der Waals surface area (Å²) >= 11 is 0. The lowest BCUT2D eigenvalue weighted by Crippen LogP contribution is -2.35. The monoisotopic (exact) mass is 295 g/mol. The van der Waals surface area contributed by atoms with E-state index in [2.05, 4.69) is 11.4 Å². The minimum atomic E-state index is 0.0747. The minimum Gasteiger partial charge on any atom is -0.356 e. The number of nitrogens with one attached hydrogen (secondary N) is 1. The highest BCUT2D eigenvalue weighted by molar-refractivity contribution is 5.92. The Kier molecular flexibility index (Phi) is 3.68. The van der Waals surface area contributed by atoms with Crippen molar-refractivity contribution < 1.29 is 9.59 Å². The van der Waals surface area contributed by atoms with Gasteiger partial charge in [-0.25, -0.2) is 0 Å².